The van der Waals surface area contributed by atoms with Gasteiger partial charge in [0.05, 0.1) is 6.61 Å². The minimum Gasteiger partial charge on any atom is -0.381 e. The standard InChI is InChI=1S/C15H21F2NO/c1-2-18-15(12-4-3-7-19-10-12)9-11-5-6-13(16)14(17)8-11/h5-6,8,12,15,18H,2-4,7,9-10H2,1H3. The molecule has 1 saturated heterocycles. The van der Waals surface area contributed by atoms with Crippen LogP contribution in [0.5, 0.6) is 0 Å². The Balaban J connectivity index is 2.04. The first-order valence-corrected chi connectivity index (χ1v) is 6.95. The molecule has 1 aliphatic rings. The Labute approximate surface area is 113 Å². The van der Waals surface area contributed by atoms with E-state index in [4.69, 9.17) is 4.74 Å². The number of halogens is 2. The van der Waals surface area contributed by atoms with Gasteiger partial charge in [0.1, 0.15) is 0 Å². The third kappa shape index (κ3) is 3.98. The van der Waals surface area contributed by atoms with E-state index in [0.717, 1.165) is 38.2 Å². The summed E-state index contributed by atoms with van der Waals surface area (Å²) in [4.78, 5) is 0. The molecule has 19 heavy (non-hydrogen) atoms. The summed E-state index contributed by atoms with van der Waals surface area (Å²) >= 11 is 0. The van der Waals surface area contributed by atoms with Gasteiger partial charge >= 0.3 is 0 Å². The predicted octanol–water partition coefficient (Wildman–Crippen LogP) is 2.91. The molecular weight excluding hydrogens is 248 g/mol. The lowest BCUT2D eigenvalue weighted by atomic mass is 9.89. The second-order valence-electron chi connectivity index (χ2n) is 5.09. The molecule has 0 spiro atoms. The smallest absolute Gasteiger partial charge is 0.159 e. The highest BCUT2D eigenvalue weighted by molar-refractivity contribution is 5.19. The number of benzene rings is 1. The fraction of sp³-hybridized carbons (Fsp3) is 0.600. The van der Waals surface area contributed by atoms with E-state index in [1.165, 1.54) is 12.1 Å². The highest BCUT2D eigenvalue weighted by atomic mass is 19.2. The maximum absolute atomic E-state index is 13.2. The Morgan fingerprint density at radius 1 is 1.37 bits per heavy atom. The van der Waals surface area contributed by atoms with Gasteiger partial charge in [-0.05, 0) is 49.4 Å². The van der Waals surface area contributed by atoms with E-state index in [1.54, 1.807) is 6.07 Å². The third-order valence-electron chi connectivity index (χ3n) is 3.67. The van der Waals surface area contributed by atoms with E-state index >= 15 is 0 Å². The number of hydrogen-bond acceptors (Lipinski definition) is 2. The van der Waals surface area contributed by atoms with E-state index in [-0.39, 0.29) is 6.04 Å². The Morgan fingerprint density at radius 3 is 2.84 bits per heavy atom. The lowest BCUT2D eigenvalue weighted by Gasteiger charge is -2.31. The van der Waals surface area contributed by atoms with Crippen LogP contribution in [0.25, 0.3) is 0 Å². The van der Waals surface area contributed by atoms with Crippen molar-refractivity contribution in [2.75, 3.05) is 19.8 Å². The molecule has 1 aromatic carbocycles. The molecule has 1 fully saturated rings. The fourth-order valence-electron chi connectivity index (χ4n) is 2.67. The molecule has 2 unspecified atom stereocenters. The molecule has 1 heterocycles. The second kappa shape index (κ2) is 6.96. The Kier molecular flexibility index (Phi) is 5.28. The molecule has 2 nitrogen and oxygen atoms in total. The van der Waals surface area contributed by atoms with Gasteiger partial charge in [0, 0.05) is 12.6 Å². The SMILES string of the molecule is CCNC(Cc1ccc(F)c(F)c1)C1CCCOC1. The molecule has 0 bridgehead atoms. The van der Waals surface area contributed by atoms with Crippen molar-refractivity contribution in [2.45, 2.75) is 32.2 Å². The van der Waals surface area contributed by atoms with E-state index in [2.05, 4.69) is 12.2 Å². The molecule has 4 heteroatoms. The van der Waals surface area contributed by atoms with Gasteiger partial charge in [-0.25, -0.2) is 8.78 Å². The van der Waals surface area contributed by atoms with E-state index in [0.29, 0.717) is 12.3 Å². The van der Waals surface area contributed by atoms with Crippen molar-refractivity contribution < 1.29 is 13.5 Å². The van der Waals surface area contributed by atoms with Crippen molar-refractivity contribution in [3.05, 3.63) is 35.4 Å². The van der Waals surface area contributed by atoms with E-state index in [1.807, 2.05) is 0 Å². The van der Waals surface area contributed by atoms with Crippen LogP contribution in [-0.4, -0.2) is 25.8 Å². The normalized spacial score (nSPS) is 21.3. The zero-order valence-electron chi connectivity index (χ0n) is 11.3. The van der Waals surface area contributed by atoms with E-state index < -0.39 is 11.6 Å². The molecule has 0 radical (unpaired) electrons. The summed E-state index contributed by atoms with van der Waals surface area (Å²) in [5.74, 6) is -1.11. The minimum atomic E-state index is -0.787. The van der Waals surface area contributed by atoms with Crippen LogP contribution in [0, 0.1) is 17.6 Å². The predicted molar refractivity (Wildman–Crippen MR) is 71.1 cm³/mol. The summed E-state index contributed by atoms with van der Waals surface area (Å²) in [5, 5.41) is 3.44. The minimum absolute atomic E-state index is 0.259. The summed E-state index contributed by atoms with van der Waals surface area (Å²) in [5.41, 5.74) is 0.829. The summed E-state index contributed by atoms with van der Waals surface area (Å²) < 4.78 is 31.7. The van der Waals surface area contributed by atoms with Gasteiger partial charge in [0.2, 0.25) is 0 Å². The molecule has 106 valence electrons. The van der Waals surface area contributed by atoms with Crippen molar-refractivity contribution >= 4 is 0 Å². The number of rotatable bonds is 5. The first-order valence-electron chi connectivity index (χ1n) is 6.95. The van der Waals surface area contributed by atoms with E-state index in [9.17, 15) is 8.78 Å². The summed E-state index contributed by atoms with van der Waals surface area (Å²) in [6.45, 7) is 4.51. The summed E-state index contributed by atoms with van der Waals surface area (Å²) in [6, 6.07) is 4.41. The first-order chi connectivity index (χ1) is 9.20. The molecular formula is C15H21F2NO. The Morgan fingerprint density at radius 2 is 2.21 bits per heavy atom. The molecule has 2 atom stereocenters. The number of hydrogen-bond donors (Lipinski definition) is 1. The fourth-order valence-corrected chi connectivity index (χ4v) is 2.67. The molecule has 0 amide bonds. The Hall–Kier alpha value is -1.00. The Bertz CT molecular complexity index is 405. The third-order valence-corrected chi connectivity index (χ3v) is 3.67. The van der Waals surface area contributed by atoms with Crippen molar-refractivity contribution in [1.82, 2.24) is 5.32 Å². The van der Waals surface area contributed by atoms with Gasteiger partial charge in [0.15, 0.2) is 11.6 Å². The van der Waals surface area contributed by atoms with Crippen LogP contribution in [0.4, 0.5) is 8.78 Å². The molecule has 1 aromatic rings. The number of ether oxygens (including phenoxy) is 1. The second-order valence-corrected chi connectivity index (χ2v) is 5.09. The van der Waals surface area contributed by atoms with Crippen molar-refractivity contribution in [1.29, 1.82) is 0 Å². The van der Waals surface area contributed by atoms with Crippen molar-refractivity contribution in [2.24, 2.45) is 5.92 Å². The van der Waals surface area contributed by atoms with Gasteiger partial charge in [0.25, 0.3) is 0 Å². The van der Waals surface area contributed by atoms with Gasteiger partial charge in [-0.3, -0.25) is 0 Å². The van der Waals surface area contributed by atoms with Crippen molar-refractivity contribution in [3.63, 3.8) is 0 Å². The zero-order valence-corrected chi connectivity index (χ0v) is 11.3. The first kappa shape index (κ1) is 14.4. The largest absolute Gasteiger partial charge is 0.381 e. The zero-order chi connectivity index (χ0) is 13.7. The topological polar surface area (TPSA) is 21.3 Å². The van der Waals surface area contributed by atoms with Gasteiger partial charge in [-0.1, -0.05) is 13.0 Å². The average Bonchev–Trinajstić information content (AvgIpc) is 2.43. The van der Waals surface area contributed by atoms with Crippen LogP contribution < -0.4 is 5.32 Å². The molecule has 1 aliphatic heterocycles. The van der Waals surface area contributed by atoms with Gasteiger partial charge in [-0.15, -0.1) is 0 Å². The summed E-state index contributed by atoms with van der Waals surface area (Å²) in [6.07, 6.45) is 2.91. The molecule has 0 saturated carbocycles. The summed E-state index contributed by atoms with van der Waals surface area (Å²) in [7, 11) is 0. The van der Waals surface area contributed by atoms with Crippen LogP contribution in [0.2, 0.25) is 0 Å². The average molecular weight is 269 g/mol. The van der Waals surface area contributed by atoms with Crippen molar-refractivity contribution in [3.8, 4) is 0 Å². The maximum atomic E-state index is 13.2. The number of nitrogens with one attached hydrogen (secondary N) is 1. The van der Waals surface area contributed by atoms with Crippen LogP contribution in [0.3, 0.4) is 0 Å². The van der Waals surface area contributed by atoms with Crippen LogP contribution in [0.1, 0.15) is 25.3 Å². The molecule has 2 rings (SSSR count). The van der Waals surface area contributed by atoms with Crippen LogP contribution >= 0.6 is 0 Å². The molecule has 0 aliphatic carbocycles. The van der Waals surface area contributed by atoms with Crippen LogP contribution in [-0.2, 0) is 11.2 Å². The molecule has 1 N–H and O–H groups in total. The lowest BCUT2D eigenvalue weighted by Crippen LogP contribution is -2.41. The monoisotopic (exact) mass is 269 g/mol. The molecule has 0 aromatic heterocycles. The highest BCUT2D eigenvalue weighted by Crippen LogP contribution is 2.21. The highest BCUT2D eigenvalue weighted by Gasteiger charge is 2.24. The lowest BCUT2D eigenvalue weighted by molar-refractivity contribution is 0.0396. The number of likely N-dealkylation sites (N-methyl/N-ethyl adjacent to an activating group) is 1. The quantitative estimate of drug-likeness (QED) is 0.887. The maximum Gasteiger partial charge on any atom is 0.159 e. The van der Waals surface area contributed by atoms with Gasteiger partial charge < -0.3 is 10.1 Å². The van der Waals surface area contributed by atoms with Gasteiger partial charge in [-0.2, -0.15) is 0 Å². The van der Waals surface area contributed by atoms with Crippen LogP contribution in [0.15, 0.2) is 18.2 Å².